The van der Waals surface area contributed by atoms with Crippen LogP contribution in [0, 0.1) is 0 Å². The summed E-state index contributed by atoms with van der Waals surface area (Å²) < 4.78 is 1.63. The number of unbranched alkanes of at least 4 members (excludes halogenated alkanes) is 1. The van der Waals surface area contributed by atoms with E-state index in [9.17, 15) is 4.79 Å². The molecule has 5 heteroatoms. The summed E-state index contributed by atoms with van der Waals surface area (Å²) >= 11 is 0. The highest BCUT2D eigenvalue weighted by molar-refractivity contribution is 5.95. The van der Waals surface area contributed by atoms with Crippen molar-refractivity contribution in [2.45, 2.75) is 32.2 Å². The summed E-state index contributed by atoms with van der Waals surface area (Å²) in [5.41, 5.74) is 8.68. The fourth-order valence-corrected chi connectivity index (χ4v) is 2.11. The van der Waals surface area contributed by atoms with E-state index in [1.54, 1.807) is 24.1 Å². The van der Waals surface area contributed by atoms with Gasteiger partial charge in [-0.3, -0.25) is 9.48 Å². The topological polar surface area (TPSA) is 72.9 Å². The number of hydrogen-bond acceptors (Lipinski definition) is 3. The molecule has 3 N–H and O–H groups in total. The van der Waals surface area contributed by atoms with Crippen LogP contribution >= 0.6 is 0 Å². The molecule has 1 aromatic carbocycles. The van der Waals surface area contributed by atoms with Crippen LogP contribution in [0.1, 0.15) is 36.9 Å². The van der Waals surface area contributed by atoms with Crippen molar-refractivity contribution in [3.05, 3.63) is 47.8 Å². The Morgan fingerprint density at radius 1 is 1.38 bits per heavy atom. The van der Waals surface area contributed by atoms with Gasteiger partial charge in [-0.2, -0.15) is 5.10 Å². The van der Waals surface area contributed by atoms with E-state index < -0.39 is 6.04 Å². The number of aryl methyl sites for hydroxylation is 2. The van der Waals surface area contributed by atoms with Crippen molar-refractivity contribution in [2.24, 2.45) is 12.8 Å². The molecule has 0 radical (unpaired) electrons. The van der Waals surface area contributed by atoms with Crippen molar-refractivity contribution in [1.82, 2.24) is 9.78 Å². The molecule has 0 aliphatic carbocycles. The molecule has 112 valence electrons. The first kappa shape index (κ1) is 15.3. The summed E-state index contributed by atoms with van der Waals surface area (Å²) in [5.74, 6) is -0.232. The van der Waals surface area contributed by atoms with Crippen molar-refractivity contribution >= 4 is 11.6 Å². The molecule has 1 atom stereocenters. The first-order valence-corrected chi connectivity index (χ1v) is 7.24. The molecule has 2 aromatic rings. The molecule has 0 saturated carbocycles. The van der Waals surface area contributed by atoms with Crippen molar-refractivity contribution in [3.63, 3.8) is 0 Å². The molecule has 0 spiro atoms. The maximum atomic E-state index is 12.1. The quantitative estimate of drug-likeness (QED) is 0.856. The zero-order valence-corrected chi connectivity index (χ0v) is 12.5. The number of aromatic nitrogens is 2. The third-order valence-corrected chi connectivity index (χ3v) is 3.41. The SMILES string of the molecule is CCCCc1ccc(NC(=O)C(N)c2cnn(C)c2)cc1. The molecule has 1 unspecified atom stereocenters. The zero-order valence-electron chi connectivity index (χ0n) is 12.5. The lowest BCUT2D eigenvalue weighted by molar-refractivity contribution is -0.117. The second-order valence-corrected chi connectivity index (χ2v) is 5.21. The van der Waals surface area contributed by atoms with Crippen molar-refractivity contribution in [1.29, 1.82) is 0 Å². The van der Waals surface area contributed by atoms with Gasteiger partial charge in [-0.25, -0.2) is 0 Å². The molecule has 1 amide bonds. The molecule has 0 aliphatic rings. The number of carbonyl (C=O) groups is 1. The minimum atomic E-state index is -0.710. The van der Waals surface area contributed by atoms with Gasteiger partial charge in [0.25, 0.3) is 0 Å². The van der Waals surface area contributed by atoms with Crippen LogP contribution < -0.4 is 11.1 Å². The van der Waals surface area contributed by atoms with Gasteiger partial charge in [0.2, 0.25) is 5.91 Å². The number of carbonyl (C=O) groups excluding carboxylic acids is 1. The van der Waals surface area contributed by atoms with E-state index >= 15 is 0 Å². The molecule has 0 saturated heterocycles. The Bertz CT molecular complexity index is 589. The minimum Gasteiger partial charge on any atom is -0.324 e. The Morgan fingerprint density at radius 2 is 2.10 bits per heavy atom. The molecular formula is C16H22N4O. The predicted octanol–water partition coefficient (Wildman–Crippen LogP) is 2.40. The summed E-state index contributed by atoms with van der Waals surface area (Å²) in [5, 5.41) is 6.86. The first-order valence-electron chi connectivity index (χ1n) is 7.24. The Kier molecular flexibility index (Phi) is 5.11. The van der Waals surface area contributed by atoms with Gasteiger partial charge < -0.3 is 11.1 Å². The van der Waals surface area contributed by atoms with Crippen LogP contribution in [-0.4, -0.2) is 15.7 Å². The fraction of sp³-hybridized carbons (Fsp3) is 0.375. The van der Waals surface area contributed by atoms with Crippen LogP contribution in [0.5, 0.6) is 0 Å². The number of rotatable bonds is 6. The fourth-order valence-electron chi connectivity index (χ4n) is 2.11. The van der Waals surface area contributed by atoms with E-state index in [2.05, 4.69) is 17.3 Å². The lowest BCUT2D eigenvalue weighted by atomic mass is 10.1. The molecule has 0 aliphatic heterocycles. The van der Waals surface area contributed by atoms with Crippen LogP contribution in [0.15, 0.2) is 36.7 Å². The predicted molar refractivity (Wildman–Crippen MR) is 83.8 cm³/mol. The van der Waals surface area contributed by atoms with Crippen LogP contribution in [0.25, 0.3) is 0 Å². The van der Waals surface area contributed by atoms with Gasteiger partial charge >= 0.3 is 0 Å². The monoisotopic (exact) mass is 286 g/mol. The zero-order chi connectivity index (χ0) is 15.2. The second kappa shape index (κ2) is 7.04. The highest BCUT2D eigenvalue weighted by Crippen LogP contribution is 2.15. The summed E-state index contributed by atoms with van der Waals surface area (Å²) in [6.07, 6.45) is 6.78. The van der Waals surface area contributed by atoms with Gasteiger partial charge in [-0.05, 0) is 30.5 Å². The van der Waals surface area contributed by atoms with E-state index in [4.69, 9.17) is 5.73 Å². The summed E-state index contributed by atoms with van der Waals surface area (Å²) in [7, 11) is 1.79. The molecule has 1 heterocycles. The van der Waals surface area contributed by atoms with Crippen molar-refractivity contribution in [2.75, 3.05) is 5.32 Å². The number of anilines is 1. The smallest absolute Gasteiger partial charge is 0.246 e. The summed E-state index contributed by atoms with van der Waals surface area (Å²) in [4.78, 5) is 12.1. The van der Waals surface area contributed by atoms with E-state index in [-0.39, 0.29) is 5.91 Å². The van der Waals surface area contributed by atoms with Crippen LogP contribution in [0.4, 0.5) is 5.69 Å². The summed E-state index contributed by atoms with van der Waals surface area (Å²) in [6, 6.07) is 7.21. The molecule has 2 rings (SSSR count). The second-order valence-electron chi connectivity index (χ2n) is 5.21. The van der Waals surface area contributed by atoms with Crippen molar-refractivity contribution in [3.8, 4) is 0 Å². The molecule has 1 aromatic heterocycles. The highest BCUT2D eigenvalue weighted by atomic mass is 16.2. The lowest BCUT2D eigenvalue weighted by Crippen LogP contribution is -2.27. The van der Waals surface area contributed by atoms with E-state index in [0.29, 0.717) is 5.56 Å². The van der Waals surface area contributed by atoms with Gasteiger partial charge in [-0.15, -0.1) is 0 Å². The Balaban J connectivity index is 1.96. The molecule has 21 heavy (non-hydrogen) atoms. The average Bonchev–Trinajstić information content (AvgIpc) is 2.92. The van der Waals surface area contributed by atoms with E-state index in [1.807, 2.05) is 24.3 Å². The van der Waals surface area contributed by atoms with Gasteiger partial charge in [0.1, 0.15) is 6.04 Å². The van der Waals surface area contributed by atoms with E-state index in [1.165, 1.54) is 18.4 Å². The number of amides is 1. The molecule has 0 bridgehead atoms. The largest absolute Gasteiger partial charge is 0.324 e. The lowest BCUT2D eigenvalue weighted by Gasteiger charge is -2.11. The Labute approximate surface area is 125 Å². The Morgan fingerprint density at radius 3 is 2.67 bits per heavy atom. The highest BCUT2D eigenvalue weighted by Gasteiger charge is 2.17. The van der Waals surface area contributed by atoms with Crippen molar-refractivity contribution < 1.29 is 4.79 Å². The van der Waals surface area contributed by atoms with Crippen LogP contribution in [-0.2, 0) is 18.3 Å². The third-order valence-electron chi connectivity index (χ3n) is 3.41. The first-order chi connectivity index (χ1) is 10.1. The normalized spacial score (nSPS) is 12.1. The standard InChI is InChI=1S/C16H22N4O/c1-3-4-5-12-6-8-14(9-7-12)19-16(21)15(17)13-10-18-20(2)11-13/h6-11,15H,3-5,17H2,1-2H3,(H,19,21). The number of hydrogen-bond donors (Lipinski definition) is 2. The minimum absolute atomic E-state index is 0.232. The van der Waals surface area contributed by atoms with Crippen LogP contribution in [0.3, 0.4) is 0 Å². The molecular weight excluding hydrogens is 264 g/mol. The van der Waals surface area contributed by atoms with E-state index in [0.717, 1.165) is 12.1 Å². The van der Waals surface area contributed by atoms with Gasteiger partial charge in [0, 0.05) is 24.5 Å². The maximum absolute atomic E-state index is 12.1. The van der Waals surface area contributed by atoms with Gasteiger partial charge in [0.05, 0.1) is 6.20 Å². The number of nitrogens with zero attached hydrogens (tertiary/aromatic N) is 2. The number of nitrogens with two attached hydrogens (primary N) is 1. The summed E-state index contributed by atoms with van der Waals surface area (Å²) in [6.45, 7) is 2.18. The number of nitrogens with one attached hydrogen (secondary N) is 1. The van der Waals surface area contributed by atoms with Gasteiger partial charge in [-0.1, -0.05) is 25.5 Å². The number of benzene rings is 1. The Hall–Kier alpha value is -2.14. The molecule has 5 nitrogen and oxygen atoms in total. The third kappa shape index (κ3) is 4.16. The molecule has 0 fully saturated rings. The van der Waals surface area contributed by atoms with Gasteiger partial charge in [0.15, 0.2) is 0 Å². The van der Waals surface area contributed by atoms with Crippen LogP contribution in [0.2, 0.25) is 0 Å². The maximum Gasteiger partial charge on any atom is 0.246 e. The average molecular weight is 286 g/mol.